The molecule has 0 radical (unpaired) electrons. The van der Waals surface area contributed by atoms with Crippen LogP contribution < -0.4 is 4.97 Å². The van der Waals surface area contributed by atoms with Crippen LogP contribution in [0.3, 0.4) is 0 Å². The molecular formula is CrN2O. The third kappa shape index (κ3) is 52.7. The Morgan fingerprint density at radius 3 is 1.75 bits per heavy atom. The number of rotatable bonds is 0. The average Bonchev–Trinajstić information content (AvgIpc) is 0.918. The molecular weight excluding hydrogens is 96.0 g/mol. The summed E-state index contributed by atoms with van der Waals surface area (Å²) in [5.41, 5.74) is 6.64. The summed E-state index contributed by atoms with van der Waals surface area (Å²) in [4.78, 5) is 9.36. The van der Waals surface area contributed by atoms with Gasteiger partial charge in [-0.15, -0.1) is 0 Å². The predicted molar refractivity (Wildman–Crippen MR) is 8.86 cm³/mol. The summed E-state index contributed by atoms with van der Waals surface area (Å²) in [6.07, 6.45) is 0. The fourth-order valence-corrected chi connectivity index (χ4v) is 0. The number of hydrogen-bond acceptors (Lipinski definition) is 1. The Morgan fingerprint density at radius 2 is 1.75 bits per heavy atom. The molecule has 0 aliphatic heterocycles. The minimum absolute atomic E-state index is 0. The zero-order valence-electron chi connectivity index (χ0n) is 1.71. The molecule has 4 heavy (non-hydrogen) atoms. The van der Waals surface area contributed by atoms with Gasteiger partial charge >= 0.3 is 0 Å². The van der Waals surface area contributed by atoms with Crippen molar-refractivity contribution in [2.45, 2.75) is 0 Å². The Balaban J connectivity index is 0. The molecule has 22 valence electrons. The second-order valence-corrected chi connectivity index (χ2v) is 0.0816. The molecule has 0 saturated carbocycles. The van der Waals surface area contributed by atoms with E-state index in [-0.39, 0.29) is 17.4 Å². The van der Waals surface area contributed by atoms with Crippen molar-refractivity contribution in [1.29, 1.82) is 0 Å². The standard InChI is InChI=1S/Cr.N2O/c;1-2-3. The summed E-state index contributed by atoms with van der Waals surface area (Å²) >= 11 is 0. The molecule has 0 fully saturated rings. The summed E-state index contributed by atoms with van der Waals surface area (Å²) in [6, 6.07) is 0. The molecule has 3 nitrogen and oxygen atoms in total. The predicted octanol–water partition coefficient (Wildman–Crippen LogP) is -0.161. The molecule has 0 atom stereocenters. The maximum absolute atomic E-state index is 8.11. The number of nitroso groups, excluding NO2 is 1. The maximum atomic E-state index is 8.11. The van der Waals surface area contributed by atoms with Crippen molar-refractivity contribution in [3.63, 3.8) is 0 Å². The normalized spacial score (nSPS) is 2.00. The third-order valence-corrected chi connectivity index (χ3v) is 0. The van der Waals surface area contributed by atoms with Gasteiger partial charge in [-0.3, -0.25) is 5.53 Å². The van der Waals surface area contributed by atoms with Gasteiger partial charge in [0.1, 0.15) is 4.97 Å². The van der Waals surface area contributed by atoms with E-state index in [0.29, 0.717) is 0 Å². The fraction of sp³-hybridized carbons (Fsp3) is 0. The SMILES string of the molecule is [Cr].[N-]=[N+]=O. The number of nitrogens with zero attached hydrogens (tertiary/aromatic N) is 2. The molecule has 0 unspecified atom stereocenters. The van der Waals surface area contributed by atoms with Crippen molar-refractivity contribution < 1.29 is 17.4 Å². The summed E-state index contributed by atoms with van der Waals surface area (Å²) < 4.78 is 0. The molecule has 0 aromatic rings. The Kier molecular flexibility index (Phi) is 31.1. The van der Waals surface area contributed by atoms with Gasteiger partial charge in [0, 0.05) is 17.4 Å². The van der Waals surface area contributed by atoms with Gasteiger partial charge in [-0.2, -0.15) is 0 Å². The zero-order chi connectivity index (χ0) is 2.71. The van der Waals surface area contributed by atoms with Crippen molar-refractivity contribution in [2.75, 3.05) is 0 Å². The molecule has 0 N–H and O–H groups in total. The van der Waals surface area contributed by atoms with Gasteiger partial charge in [0.2, 0.25) is 0 Å². The summed E-state index contributed by atoms with van der Waals surface area (Å²) in [5, 5.41) is 0. The van der Waals surface area contributed by atoms with E-state index in [0.717, 1.165) is 0 Å². The van der Waals surface area contributed by atoms with E-state index in [1.54, 1.807) is 0 Å². The third-order valence-electron chi connectivity index (χ3n) is 0. The second-order valence-electron chi connectivity index (χ2n) is 0.0816. The summed E-state index contributed by atoms with van der Waals surface area (Å²) in [5.74, 6) is 0. The van der Waals surface area contributed by atoms with Gasteiger partial charge in [0.05, 0.1) is 0 Å². The monoisotopic (exact) mass is 95.9 g/mol. The Bertz CT molecular complexity index is 27.0. The summed E-state index contributed by atoms with van der Waals surface area (Å²) in [7, 11) is 0. The first-order valence-corrected chi connectivity index (χ1v) is 0.383. The van der Waals surface area contributed by atoms with Crippen LogP contribution in [0, 0.1) is 4.91 Å². The molecule has 0 aromatic heterocycles. The first-order chi connectivity index (χ1) is 1.41. The first kappa shape index (κ1) is 9.15. The van der Waals surface area contributed by atoms with Gasteiger partial charge < -0.3 is 0 Å². The van der Waals surface area contributed by atoms with Crippen molar-refractivity contribution in [3.05, 3.63) is 10.4 Å². The molecule has 0 aliphatic rings. The minimum Gasteiger partial charge on any atom is -0.294 e. The molecule has 0 spiro atoms. The first-order valence-electron chi connectivity index (χ1n) is 0.383. The van der Waals surface area contributed by atoms with Gasteiger partial charge in [-0.05, 0) is 0 Å². The van der Waals surface area contributed by atoms with E-state index in [2.05, 4.69) is 0 Å². The molecule has 0 rings (SSSR count). The van der Waals surface area contributed by atoms with Crippen molar-refractivity contribution in [3.8, 4) is 0 Å². The Hall–Kier alpha value is -0.158. The van der Waals surface area contributed by atoms with E-state index in [9.17, 15) is 0 Å². The quantitative estimate of drug-likeness (QED) is 0.305. The van der Waals surface area contributed by atoms with Gasteiger partial charge in [-0.25, -0.2) is 0 Å². The molecule has 0 bridgehead atoms. The molecule has 0 heterocycles. The van der Waals surface area contributed by atoms with Crippen molar-refractivity contribution >= 4 is 0 Å². The molecule has 0 aromatic carbocycles. The fourth-order valence-electron chi connectivity index (χ4n) is 0. The minimum atomic E-state index is 0. The van der Waals surface area contributed by atoms with E-state index < -0.39 is 0 Å². The average molecular weight is 96.0 g/mol. The molecule has 0 amide bonds. The molecule has 0 aliphatic carbocycles. The van der Waals surface area contributed by atoms with E-state index in [1.807, 2.05) is 0 Å². The zero-order valence-corrected chi connectivity index (χ0v) is 2.99. The van der Waals surface area contributed by atoms with Crippen LogP contribution in [-0.4, -0.2) is 0 Å². The van der Waals surface area contributed by atoms with Crippen molar-refractivity contribution in [1.82, 2.24) is 4.97 Å². The van der Waals surface area contributed by atoms with Crippen LogP contribution in [0.1, 0.15) is 0 Å². The van der Waals surface area contributed by atoms with E-state index in [1.165, 1.54) is 4.97 Å². The van der Waals surface area contributed by atoms with Crippen LogP contribution in [0.4, 0.5) is 0 Å². The van der Waals surface area contributed by atoms with Gasteiger partial charge in [-0.1, -0.05) is 0 Å². The van der Waals surface area contributed by atoms with Crippen molar-refractivity contribution in [2.24, 2.45) is 0 Å². The van der Waals surface area contributed by atoms with Crippen LogP contribution in [0.25, 0.3) is 5.53 Å². The molecule has 4 heteroatoms. The van der Waals surface area contributed by atoms with E-state index in [4.69, 9.17) is 10.4 Å². The van der Waals surface area contributed by atoms with Crippen LogP contribution in [-0.2, 0) is 17.4 Å². The maximum Gasteiger partial charge on any atom is 0.151 e. The smallest absolute Gasteiger partial charge is 0.151 e. The molecule has 0 saturated heterocycles. The van der Waals surface area contributed by atoms with E-state index >= 15 is 0 Å². The van der Waals surface area contributed by atoms with Crippen LogP contribution >= 0.6 is 0 Å². The van der Waals surface area contributed by atoms with Gasteiger partial charge in [0.25, 0.3) is 0 Å². The van der Waals surface area contributed by atoms with Crippen LogP contribution in [0.2, 0.25) is 0 Å². The summed E-state index contributed by atoms with van der Waals surface area (Å²) in [6.45, 7) is 0. The number of hydrogen-bond donors (Lipinski definition) is 0. The Labute approximate surface area is 33.6 Å². The Morgan fingerprint density at radius 1 is 1.75 bits per heavy atom. The largest absolute Gasteiger partial charge is 0.294 e. The van der Waals surface area contributed by atoms with Crippen LogP contribution in [0.5, 0.6) is 0 Å². The van der Waals surface area contributed by atoms with Crippen LogP contribution in [0.15, 0.2) is 0 Å². The second kappa shape index (κ2) is 13.6. The topological polar surface area (TPSA) is 53.5 Å². The van der Waals surface area contributed by atoms with Gasteiger partial charge in [0.15, 0.2) is 4.91 Å².